The predicted octanol–water partition coefficient (Wildman–Crippen LogP) is 2.65. The summed E-state index contributed by atoms with van der Waals surface area (Å²) in [5.74, 6) is 1.72. The summed E-state index contributed by atoms with van der Waals surface area (Å²) in [5.41, 5.74) is -0.613. The van der Waals surface area contributed by atoms with Crippen LogP contribution in [-0.4, -0.2) is 39.8 Å². The van der Waals surface area contributed by atoms with Crippen LogP contribution in [0.1, 0.15) is 16.9 Å². The van der Waals surface area contributed by atoms with Crippen molar-refractivity contribution in [1.29, 1.82) is 0 Å². The first-order valence-electron chi connectivity index (χ1n) is 6.36. The lowest BCUT2D eigenvalue weighted by atomic mass is 10.0. The van der Waals surface area contributed by atoms with Crippen LogP contribution in [0.3, 0.4) is 0 Å². The second-order valence-electron chi connectivity index (χ2n) is 4.89. The van der Waals surface area contributed by atoms with Gasteiger partial charge in [0.1, 0.15) is 0 Å². The minimum absolute atomic E-state index is 0.198. The molecule has 5 nitrogen and oxygen atoms in total. The van der Waals surface area contributed by atoms with Gasteiger partial charge in [-0.3, -0.25) is 4.79 Å². The minimum Gasteiger partial charge on any atom is -0.387 e. The molecule has 3 heterocycles. The number of nitrogens with zero attached hydrogens (tertiary/aromatic N) is 1. The van der Waals surface area contributed by atoms with Gasteiger partial charge in [0.15, 0.2) is 11.5 Å². The second kappa shape index (κ2) is 6.00. The fraction of sp³-hybridized carbons (Fsp3) is 0.385. The van der Waals surface area contributed by atoms with E-state index in [1.54, 1.807) is 23.9 Å². The maximum absolute atomic E-state index is 12.0. The van der Waals surface area contributed by atoms with Crippen molar-refractivity contribution >= 4 is 40.6 Å². The zero-order valence-corrected chi connectivity index (χ0v) is 13.4. The summed E-state index contributed by atoms with van der Waals surface area (Å²) in [4.78, 5) is 12.8. The zero-order chi connectivity index (χ0) is 14.9. The molecular formula is C13H13ClN2O3S2. The number of carbonyl (C=O) groups is 1. The number of rotatable bonds is 4. The normalized spacial score (nSPS) is 21.6. The highest BCUT2D eigenvalue weighted by atomic mass is 35.5. The number of hydrogen-bond donors (Lipinski definition) is 2. The molecule has 112 valence electrons. The van der Waals surface area contributed by atoms with Crippen LogP contribution >= 0.6 is 34.7 Å². The van der Waals surface area contributed by atoms with E-state index < -0.39 is 5.60 Å². The lowest BCUT2D eigenvalue weighted by Crippen LogP contribution is -2.43. The van der Waals surface area contributed by atoms with Gasteiger partial charge in [0.25, 0.3) is 5.91 Å². The number of nitrogens with one attached hydrogen (secondary N) is 1. The molecular weight excluding hydrogens is 332 g/mol. The first kappa shape index (κ1) is 14.9. The molecule has 3 rings (SSSR count). The van der Waals surface area contributed by atoms with Crippen LogP contribution in [-0.2, 0) is 0 Å². The van der Waals surface area contributed by atoms with Crippen LogP contribution in [0.25, 0.3) is 10.6 Å². The molecule has 8 heteroatoms. The van der Waals surface area contributed by atoms with E-state index in [4.69, 9.17) is 16.1 Å². The molecule has 0 bridgehead atoms. The highest BCUT2D eigenvalue weighted by molar-refractivity contribution is 7.99. The Balaban J connectivity index is 1.64. The first-order chi connectivity index (χ1) is 10.1. The van der Waals surface area contributed by atoms with E-state index in [-0.39, 0.29) is 18.1 Å². The number of aliphatic hydroxyl groups is 1. The summed E-state index contributed by atoms with van der Waals surface area (Å²) in [5, 5.41) is 16.6. The molecule has 0 saturated carbocycles. The fourth-order valence-electron chi connectivity index (χ4n) is 2.02. The number of hydrogen-bond acceptors (Lipinski definition) is 6. The highest BCUT2D eigenvalue weighted by Crippen LogP contribution is 2.31. The largest absolute Gasteiger partial charge is 0.387 e. The Kier molecular flexibility index (Phi) is 4.26. The van der Waals surface area contributed by atoms with Crippen LogP contribution in [0.4, 0.5) is 0 Å². The van der Waals surface area contributed by atoms with Gasteiger partial charge in [0, 0.05) is 18.4 Å². The molecule has 21 heavy (non-hydrogen) atoms. The van der Waals surface area contributed by atoms with Gasteiger partial charge in [-0.15, -0.1) is 11.3 Å². The lowest BCUT2D eigenvalue weighted by Gasteiger charge is -2.20. The van der Waals surface area contributed by atoms with Crippen LogP contribution < -0.4 is 5.32 Å². The fourth-order valence-corrected chi connectivity index (χ4v) is 4.30. The molecule has 1 unspecified atom stereocenters. The van der Waals surface area contributed by atoms with E-state index >= 15 is 0 Å². The van der Waals surface area contributed by atoms with Crippen molar-refractivity contribution in [3.8, 4) is 10.6 Å². The van der Waals surface area contributed by atoms with Crippen molar-refractivity contribution in [2.45, 2.75) is 12.0 Å². The molecule has 1 atom stereocenters. The highest BCUT2D eigenvalue weighted by Gasteiger charge is 2.32. The average Bonchev–Trinajstić information content (AvgIpc) is 3.16. The van der Waals surface area contributed by atoms with Crippen molar-refractivity contribution in [2.24, 2.45) is 0 Å². The van der Waals surface area contributed by atoms with Crippen molar-refractivity contribution in [1.82, 2.24) is 10.5 Å². The number of carbonyl (C=O) groups excluding carboxylic acids is 1. The summed E-state index contributed by atoms with van der Waals surface area (Å²) in [7, 11) is 0. The monoisotopic (exact) mass is 344 g/mol. The van der Waals surface area contributed by atoms with Crippen LogP contribution in [0, 0.1) is 0 Å². The quantitative estimate of drug-likeness (QED) is 0.891. The summed E-state index contributed by atoms with van der Waals surface area (Å²) in [6.45, 7) is 0.228. The smallest absolute Gasteiger partial charge is 0.273 e. The summed E-state index contributed by atoms with van der Waals surface area (Å²) in [6.07, 6.45) is 0.690. The van der Waals surface area contributed by atoms with E-state index in [0.29, 0.717) is 22.3 Å². The molecule has 1 aliphatic heterocycles. The molecule has 2 N–H and O–H groups in total. The molecule has 0 aromatic carbocycles. The van der Waals surface area contributed by atoms with Gasteiger partial charge in [-0.1, -0.05) is 16.8 Å². The number of amides is 1. The van der Waals surface area contributed by atoms with Crippen molar-refractivity contribution in [3.63, 3.8) is 0 Å². The molecule has 1 amide bonds. The molecule has 1 aliphatic rings. The predicted molar refractivity (Wildman–Crippen MR) is 84.1 cm³/mol. The van der Waals surface area contributed by atoms with E-state index in [1.807, 2.05) is 6.07 Å². The van der Waals surface area contributed by atoms with Crippen molar-refractivity contribution in [3.05, 3.63) is 28.2 Å². The Labute approximate surface area is 134 Å². The van der Waals surface area contributed by atoms with Gasteiger partial charge >= 0.3 is 0 Å². The summed E-state index contributed by atoms with van der Waals surface area (Å²) in [6, 6.07) is 5.15. The molecule has 1 saturated heterocycles. The number of halogens is 1. The Morgan fingerprint density at radius 2 is 2.43 bits per heavy atom. The number of thiophene rings is 1. The van der Waals surface area contributed by atoms with E-state index in [1.165, 1.54) is 11.3 Å². The summed E-state index contributed by atoms with van der Waals surface area (Å²) < 4.78 is 5.80. The molecule has 0 spiro atoms. The number of thioether (sulfide) groups is 1. The maximum Gasteiger partial charge on any atom is 0.273 e. The van der Waals surface area contributed by atoms with Gasteiger partial charge in [0.05, 0.1) is 14.8 Å². The Hall–Kier alpha value is -1.02. The van der Waals surface area contributed by atoms with E-state index in [9.17, 15) is 9.90 Å². The maximum atomic E-state index is 12.0. The van der Waals surface area contributed by atoms with Gasteiger partial charge < -0.3 is 14.9 Å². The lowest BCUT2D eigenvalue weighted by molar-refractivity contribution is 0.0609. The Morgan fingerprint density at radius 1 is 1.57 bits per heavy atom. The standard InChI is InChI=1S/C13H13ClN2O3S2/c14-11-2-1-10(21-11)9-5-8(16-19-9)12(17)15-6-13(18)3-4-20-7-13/h1-2,5,18H,3-4,6-7H2,(H,15,17). The van der Waals surface area contributed by atoms with Crippen LogP contribution in [0.5, 0.6) is 0 Å². The van der Waals surface area contributed by atoms with E-state index in [2.05, 4.69) is 10.5 Å². The average molecular weight is 345 g/mol. The SMILES string of the molecule is O=C(NCC1(O)CCSC1)c1cc(-c2ccc(Cl)s2)on1. The Bertz CT molecular complexity index is 649. The zero-order valence-electron chi connectivity index (χ0n) is 11.0. The third-order valence-corrected chi connectivity index (χ3v) is 5.70. The van der Waals surface area contributed by atoms with Crippen molar-refractivity contribution < 1.29 is 14.4 Å². The second-order valence-corrected chi connectivity index (χ2v) is 7.71. The third kappa shape index (κ3) is 3.42. The van der Waals surface area contributed by atoms with Gasteiger partial charge in [-0.05, 0) is 24.3 Å². The van der Waals surface area contributed by atoms with Gasteiger partial charge in [0.2, 0.25) is 0 Å². The topological polar surface area (TPSA) is 75.4 Å². The molecule has 2 aromatic heterocycles. The minimum atomic E-state index is -0.811. The third-order valence-electron chi connectivity index (χ3n) is 3.22. The van der Waals surface area contributed by atoms with Gasteiger partial charge in [-0.2, -0.15) is 11.8 Å². The number of aromatic nitrogens is 1. The van der Waals surface area contributed by atoms with Crippen LogP contribution in [0.15, 0.2) is 22.7 Å². The molecule has 0 aliphatic carbocycles. The Morgan fingerprint density at radius 3 is 3.10 bits per heavy atom. The molecule has 1 fully saturated rings. The summed E-state index contributed by atoms with van der Waals surface area (Å²) >= 11 is 8.91. The molecule has 2 aromatic rings. The van der Waals surface area contributed by atoms with Crippen molar-refractivity contribution in [2.75, 3.05) is 18.1 Å². The van der Waals surface area contributed by atoms with Crippen LogP contribution in [0.2, 0.25) is 4.34 Å². The van der Waals surface area contributed by atoms with E-state index in [0.717, 1.165) is 10.6 Å². The molecule has 0 radical (unpaired) electrons. The van der Waals surface area contributed by atoms with Gasteiger partial charge in [-0.25, -0.2) is 0 Å². The first-order valence-corrected chi connectivity index (χ1v) is 8.71.